The van der Waals surface area contributed by atoms with Crippen molar-refractivity contribution in [3.05, 3.63) is 36.8 Å². The van der Waals surface area contributed by atoms with E-state index >= 15 is 0 Å². The normalized spacial score (nSPS) is 19.2. The molecule has 1 saturated carbocycles. The zero-order valence-corrected chi connectivity index (χ0v) is 12.9. The summed E-state index contributed by atoms with van der Waals surface area (Å²) in [6.45, 7) is 2.39. The Labute approximate surface area is 134 Å². The molecule has 1 fully saturated rings. The van der Waals surface area contributed by atoms with Crippen molar-refractivity contribution in [1.29, 1.82) is 0 Å². The summed E-state index contributed by atoms with van der Waals surface area (Å²) in [5.74, 6) is 1.03. The van der Waals surface area contributed by atoms with Gasteiger partial charge in [0.05, 0.1) is 5.69 Å². The van der Waals surface area contributed by atoms with E-state index in [1.807, 2.05) is 0 Å². The van der Waals surface area contributed by atoms with Gasteiger partial charge >= 0.3 is 0 Å². The van der Waals surface area contributed by atoms with Crippen LogP contribution in [0.2, 0.25) is 0 Å². The van der Waals surface area contributed by atoms with E-state index in [4.69, 9.17) is 0 Å². The van der Waals surface area contributed by atoms with Gasteiger partial charge in [0.15, 0.2) is 5.82 Å². The van der Waals surface area contributed by atoms with Crippen LogP contribution < -0.4 is 10.6 Å². The standard InChI is InChI=1S/C16H19N5O2/c1-11-10-12(11)16(23)18-8-5-14(22)20-13-4-2-6-17-15(13)21-9-3-7-19-21/h2-4,6-7,9,11-12H,5,8,10H2,1H3,(H,18,23)(H,20,22). The van der Waals surface area contributed by atoms with Crippen molar-refractivity contribution in [2.45, 2.75) is 19.8 Å². The van der Waals surface area contributed by atoms with E-state index in [9.17, 15) is 9.59 Å². The van der Waals surface area contributed by atoms with Gasteiger partial charge in [-0.2, -0.15) is 5.10 Å². The lowest BCUT2D eigenvalue weighted by Crippen LogP contribution is -2.29. The molecule has 1 aliphatic carbocycles. The number of hydrogen-bond donors (Lipinski definition) is 2. The first kappa shape index (κ1) is 15.2. The monoisotopic (exact) mass is 313 g/mol. The van der Waals surface area contributed by atoms with Crippen LogP contribution in [0.5, 0.6) is 0 Å². The van der Waals surface area contributed by atoms with Gasteiger partial charge in [0.1, 0.15) is 0 Å². The lowest BCUT2D eigenvalue weighted by Gasteiger charge is -2.10. The molecule has 1 aliphatic rings. The molecule has 0 saturated heterocycles. The maximum Gasteiger partial charge on any atom is 0.226 e. The van der Waals surface area contributed by atoms with Gasteiger partial charge in [-0.1, -0.05) is 6.92 Å². The zero-order chi connectivity index (χ0) is 16.2. The first-order valence-electron chi connectivity index (χ1n) is 7.68. The van der Waals surface area contributed by atoms with Crippen molar-refractivity contribution in [3.8, 4) is 5.82 Å². The first-order chi connectivity index (χ1) is 11.1. The number of carbonyl (C=O) groups is 2. The second-order valence-electron chi connectivity index (χ2n) is 5.73. The van der Waals surface area contributed by atoms with Gasteiger partial charge in [-0.25, -0.2) is 9.67 Å². The Morgan fingerprint density at radius 1 is 1.35 bits per heavy atom. The molecule has 0 spiro atoms. The average molecular weight is 313 g/mol. The van der Waals surface area contributed by atoms with Gasteiger partial charge in [-0.15, -0.1) is 0 Å². The Hall–Kier alpha value is -2.70. The number of rotatable bonds is 6. The zero-order valence-electron chi connectivity index (χ0n) is 12.9. The molecule has 2 N–H and O–H groups in total. The topological polar surface area (TPSA) is 88.9 Å². The number of amides is 2. The van der Waals surface area contributed by atoms with Crippen molar-refractivity contribution >= 4 is 17.5 Å². The third-order valence-electron chi connectivity index (χ3n) is 3.88. The number of aromatic nitrogens is 3. The lowest BCUT2D eigenvalue weighted by atomic mass is 10.3. The highest BCUT2D eigenvalue weighted by molar-refractivity contribution is 5.92. The lowest BCUT2D eigenvalue weighted by molar-refractivity contribution is -0.122. The maximum absolute atomic E-state index is 12.0. The predicted molar refractivity (Wildman–Crippen MR) is 84.9 cm³/mol. The first-order valence-corrected chi connectivity index (χ1v) is 7.68. The molecule has 2 atom stereocenters. The van der Waals surface area contributed by atoms with Crippen LogP contribution in [0.4, 0.5) is 5.69 Å². The molecule has 120 valence electrons. The average Bonchev–Trinajstić information content (AvgIpc) is 3.04. The summed E-state index contributed by atoms with van der Waals surface area (Å²) >= 11 is 0. The summed E-state index contributed by atoms with van der Waals surface area (Å²) in [7, 11) is 0. The molecule has 0 bridgehead atoms. The molecule has 0 aromatic carbocycles. The van der Waals surface area contributed by atoms with Crippen molar-refractivity contribution in [2.75, 3.05) is 11.9 Å². The maximum atomic E-state index is 12.0. The van der Waals surface area contributed by atoms with E-state index in [1.54, 1.807) is 41.5 Å². The van der Waals surface area contributed by atoms with Crippen molar-refractivity contribution in [1.82, 2.24) is 20.1 Å². The number of pyridine rings is 1. The van der Waals surface area contributed by atoms with Gasteiger partial charge in [0, 0.05) is 37.5 Å². The minimum atomic E-state index is -0.171. The van der Waals surface area contributed by atoms with E-state index in [0.29, 0.717) is 24.0 Å². The van der Waals surface area contributed by atoms with Gasteiger partial charge in [0.2, 0.25) is 11.8 Å². The Kier molecular flexibility index (Phi) is 4.36. The van der Waals surface area contributed by atoms with Gasteiger partial charge in [0.25, 0.3) is 0 Å². The van der Waals surface area contributed by atoms with E-state index in [0.717, 1.165) is 6.42 Å². The summed E-state index contributed by atoms with van der Waals surface area (Å²) < 4.78 is 1.59. The molecule has 7 heteroatoms. The van der Waals surface area contributed by atoms with Gasteiger partial charge in [-0.3, -0.25) is 9.59 Å². The smallest absolute Gasteiger partial charge is 0.226 e. The molecule has 0 aliphatic heterocycles. The summed E-state index contributed by atoms with van der Waals surface area (Å²) in [5, 5.41) is 9.73. The van der Waals surface area contributed by atoms with Crippen LogP contribution in [-0.2, 0) is 9.59 Å². The second kappa shape index (κ2) is 6.60. The Balaban J connectivity index is 1.53. The molecule has 3 rings (SSSR count). The van der Waals surface area contributed by atoms with Crippen LogP contribution >= 0.6 is 0 Å². The number of hydrogen-bond acceptors (Lipinski definition) is 4. The van der Waals surface area contributed by atoms with E-state index in [-0.39, 0.29) is 24.2 Å². The molecule has 2 amide bonds. The number of nitrogens with zero attached hydrogens (tertiary/aromatic N) is 3. The van der Waals surface area contributed by atoms with Crippen molar-refractivity contribution in [3.63, 3.8) is 0 Å². The van der Waals surface area contributed by atoms with Gasteiger partial charge < -0.3 is 10.6 Å². The highest BCUT2D eigenvalue weighted by Gasteiger charge is 2.38. The fraction of sp³-hybridized carbons (Fsp3) is 0.375. The van der Waals surface area contributed by atoms with Crippen LogP contribution in [0.1, 0.15) is 19.8 Å². The summed E-state index contributed by atoms with van der Waals surface area (Å²) in [5.41, 5.74) is 0.586. The molecule has 2 heterocycles. The Morgan fingerprint density at radius 2 is 2.17 bits per heavy atom. The number of carbonyl (C=O) groups excluding carboxylic acids is 2. The van der Waals surface area contributed by atoms with Crippen LogP contribution in [0.3, 0.4) is 0 Å². The van der Waals surface area contributed by atoms with Crippen molar-refractivity contribution in [2.24, 2.45) is 11.8 Å². The van der Waals surface area contributed by atoms with Gasteiger partial charge in [-0.05, 0) is 30.5 Å². The van der Waals surface area contributed by atoms with E-state index < -0.39 is 0 Å². The SMILES string of the molecule is CC1CC1C(=O)NCCC(=O)Nc1cccnc1-n1cccn1. The largest absolute Gasteiger partial charge is 0.355 e. The molecule has 2 aromatic rings. The van der Waals surface area contributed by atoms with Crippen LogP contribution in [0, 0.1) is 11.8 Å². The molecule has 2 unspecified atom stereocenters. The molecule has 23 heavy (non-hydrogen) atoms. The number of nitrogens with one attached hydrogen (secondary N) is 2. The minimum absolute atomic E-state index is 0.0453. The van der Waals surface area contributed by atoms with E-state index in [2.05, 4.69) is 27.6 Å². The van der Waals surface area contributed by atoms with E-state index in [1.165, 1.54) is 0 Å². The summed E-state index contributed by atoms with van der Waals surface area (Å²) in [4.78, 5) is 28.0. The Bertz CT molecular complexity index is 698. The van der Waals surface area contributed by atoms with Crippen molar-refractivity contribution < 1.29 is 9.59 Å². The van der Waals surface area contributed by atoms with Crippen LogP contribution in [0.25, 0.3) is 5.82 Å². The van der Waals surface area contributed by atoms with Crippen LogP contribution in [0.15, 0.2) is 36.8 Å². The molecule has 7 nitrogen and oxygen atoms in total. The predicted octanol–water partition coefficient (Wildman–Crippen LogP) is 1.37. The summed E-state index contributed by atoms with van der Waals surface area (Å²) in [6, 6.07) is 5.31. The fourth-order valence-electron chi connectivity index (χ4n) is 2.40. The second-order valence-corrected chi connectivity index (χ2v) is 5.73. The molecular weight excluding hydrogens is 294 g/mol. The highest BCUT2D eigenvalue weighted by Crippen LogP contribution is 2.37. The Morgan fingerprint density at radius 3 is 2.87 bits per heavy atom. The quantitative estimate of drug-likeness (QED) is 0.843. The molecule has 0 radical (unpaired) electrons. The third kappa shape index (κ3) is 3.74. The number of anilines is 1. The minimum Gasteiger partial charge on any atom is -0.355 e. The molecular formula is C16H19N5O2. The summed E-state index contributed by atoms with van der Waals surface area (Å²) in [6.07, 6.45) is 6.22. The third-order valence-corrected chi connectivity index (χ3v) is 3.88. The highest BCUT2D eigenvalue weighted by atomic mass is 16.2. The molecule has 2 aromatic heterocycles. The van der Waals surface area contributed by atoms with Crippen LogP contribution in [-0.4, -0.2) is 33.1 Å². The fourth-order valence-corrected chi connectivity index (χ4v) is 2.40.